The predicted molar refractivity (Wildman–Crippen MR) is 78.8 cm³/mol. The Kier molecular flexibility index (Phi) is 4.54. The lowest BCUT2D eigenvalue weighted by Crippen LogP contribution is -2.60. The average Bonchev–Trinajstić information content (AvgIpc) is 2.60. The topological polar surface area (TPSA) is 55.1 Å². The Balaban J connectivity index is 2.01. The molecular formula is C16H30N2O. The Labute approximate surface area is 117 Å². The van der Waals surface area contributed by atoms with Crippen molar-refractivity contribution in [2.75, 3.05) is 0 Å². The lowest BCUT2D eigenvalue weighted by molar-refractivity contribution is -0.127. The summed E-state index contributed by atoms with van der Waals surface area (Å²) < 4.78 is 0. The van der Waals surface area contributed by atoms with E-state index in [2.05, 4.69) is 19.2 Å². The van der Waals surface area contributed by atoms with Gasteiger partial charge in [-0.05, 0) is 43.9 Å². The molecule has 0 atom stereocenters. The highest BCUT2D eigenvalue weighted by atomic mass is 16.1. The molecule has 2 aliphatic rings. The molecular weight excluding hydrogens is 236 g/mol. The maximum Gasteiger partial charge on any atom is 0.237 e. The molecule has 0 saturated heterocycles. The molecule has 0 radical (unpaired) electrons. The number of carbonyl (C=O) groups excluding carboxylic acids is 1. The number of hydrogen-bond donors (Lipinski definition) is 2. The maximum atomic E-state index is 12.0. The number of primary amides is 1. The zero-order valence-electron chi connectivity index (χ0n) is 12.6. The number of amides is 1. The zero-order valence-corrected chi connectivity index (χ0v) is 12.6. The molecule has 0 aromatic rings. The van der Waals surface area contributed by atoms with Crippen LogP contribution in [0.15, 0.2) is 0 Å². The lowest BCUT2D eigenvalue weighted by Gasteiger charge is -2.44. The first-order valence-electron chi connectivity index (χ1n) is 8.01. The standard InChI is InChI=1S/C16H30N2O/c1-15(2)9-11-16(12-10-15,14(17)19)18-13-7-5-3-4-6-8-13/h13,18H,3-12H2,1-2H3,(H2,17,19). The molecule has 0 bridgehead atoms. The van der Waals surface area contributed by atoms with Gasteiger partial charge in [0.1, 0.15) is 0 Å². The first-order valence-corrected chi connectivity index (χ1v) is 8.01. The summed E-state index contributed by atoms with van der Waals surface area (Å²) in [5, 5.41) is 3.67. The molecule has 0 aromatic carbocycles. The van der Waals surface area contributed by atoms with E-state index in [1.807, 2.05) is 0 Å². The van der Waals surface area contributed by atoms with Gasteiger partial charge in [-0.3, -0.25) is 4.79 Å². The summed E-state index contributed by atoms with van der Waals surface area (Å²) in [4.78, 5) is 12.0. The molecule has 2 rings (SSSR count). The normalized spacial score (nSPS) is 27.7. The molecule has 2 saturated carbocycles. The lowest BCUT2D eigenvalue weighted by atomic mass is 9.68. The Morgan fingerprint density at radius 3 is 2.00 bits per heavy atom. The van der Waals surface area contributed by atoms with Gasteiger partial charge in [0.05, 0.1) is 5.54 Å². The van der Waals surface area contributed by atoms with Crippen LogP contribution in [0, 0.1) is 5.41 Å². The minimum Gasteiger partial charge on any atom is -0.368 e. The van der Waals surface area contributed by atoms with Crippen molar-refractivity contribution >= 4 is 5.91 Å². The van der Waals surface area contributed by atoms with Crippen molar-refractivity contribution in [1.82, 2.24) is 5.32 Å². The molecule has 0 unspecified atom stereocenters. The highest BCUT2D eigenvalue weighted by molar-refractivity contribution is 5.84. The van der Waals surface area contributed by atoms with Crippen LogP contribution in [-0.4, -0.2) is 17.5 Å². The molecule has 0 heterocycles. The van der Waals surface area contributed by atoms with Gasteiger partial charge in [0.2, 0.25) is 5.91 Å². The van der Waals surface area contributed by atoms with Gasteiger partial charge in [-0.2, -0.15) is 0 Å². The summed E-state index contributed by atoms with van der Waals surface area (Å²) in [6, 6.07) is 0.496. The highest BCUT2D eigenvalue weighted by Crippen LogP contribution is 2.40. The fourth-order valence-corrected chi connectivity index (χ4v) is 3.63. The molecule has 110 valence electrons. The summed E-state index contributed by atoms with van der Waals surface area (Å²) in [6.07, 6.45) is 11.7. The molecule has 0 aliphatic heterocycles. The Hall–Kier alpha value is -0.570. The van der Waals surface area contributed by atoms with Crippen LogP contribution in [0.4, 0.5) is 0 Å². The maximum absolute atomic E-state index is 12.0. The molecule has 3 N–H and O–H groups in total. The van der Waals surface area contributed by atoms with Gasteiger partial charge in [-0.1, -0.05) is 39.5 Å². The second kappa shape index (κ2) is 5.82. The number of carbonyl (C=O) groups is 1. The van der Waals surface area contributed by atoms with E-state index in [4.69, 9.17) is 5.73 Å². The zero-order chi connectivity index (χ0) is 13.9. The van der Waals surface area contributed by atoms with Crippen LogP contribution in [0.1, 0.15) is 78.1 Å². The average molecular weight is 266 g/mol. The number of nitrogens with one attached hydrogen (secondary N) is 1. The summed E-state index contributed by atoms with van der Waals surface area (Å²) in [6.45, 7) is 4.59. The Bertz CT molecular complexity index is 307. The van der Waals surface area contributed by atoms with E-state index in [1.165, 1.54) is 38.5 Å². The molecule has 0 spiro atoms. The molecule has 3 heteroatoms. The number of nitrogens with two attached hydrogens (primary N) is 1. The summed E-state index contributed by atoms with van der Waals surface area (Å²) in [5.41, 5.74) is 5.68. The van der Waals surface area contributed by atoms with E-state index in [0.717, 1.165) is 25.7 Å². The van der Waals surface area contributed by atoms with Crippen LogP contribution >= 0.6 is 0 Å². The molecule has 1 amide bonds. The number of rotatable bonds is 3. The number of hydrogen-bond acceptors (Lipinski definition) is 2. The van der Waals surface area contributed by atoms with E-state index in [1.54, 1.807) is 0 Å². The van der Waals surface area contributed by atoms with Crippen LogP contribution in [0.5, 0.6) is 0 Å². The third kappa shape index (κ3) is 3.71. The van der Waals surface area contributed by atoms with Gasteiger partial charge in [0.25, 0.3) is 0 Å². The fourth-order valence-electron chi connectivity index (χ4n) is 3.63. The smallest absolute Gasteiger partial charge is 0.237 e. The van der Waals surface area contributed by atoms with Gasteiger partial charge in [0, 0.05) is 6.04 Å². The van der Waals surface area contributed by atoms with Crippen molar-refractivity contribution < 1.29 is 4.79 Å². The van der Waals surface area contributed by atoms with Crippen LogP contribution < -0.4 is 11.1 Å². The quantitative estimate of drug-likeness (QED) is 0.771. The highest BCUT2D eigenvalue weighted by Gasteiger charge is 2.43. The van der Waals surface area contributed by atoms with Crippen LogP contribution in [-0.2, 0) is 4.79 Å². The van der Waals surface area contributed by atoms with Crippen molar-refractivity contribution in [3.05, 3.63) is 0 Å². The van der Waals surface area contributed by atoms with Gasteiger partial charge >= 0.3 is 0 Å². The van der Waals surface area contributed by atoms with Crippen molar-refractivity contribution in [1.29, 1.82) is 0 Å². The second-order valence-electron chi connectivity index (χ2n) is 7.44. The monoisotopic (exact) mass is 266 g/mol. The van der Waals surface area contributed by atoms with Gasteiger partial charge in [-0.15, -0.1) is 0 Å². The van der Waals surface area contributed by atoms with Crippen molar-refractivity contribution in [3.63, 3.8) is 0 Å². The van der Waals surface area contributed by atoms with Crippen molar-refractivity contribution in [2.45, 2.75) is 89.6 Å². The van der Waals surface area contributed by atoms with Crippen molar-refractivity contribution in [3.8, 4) is 0 Å². The minimum atomic E-state index is -0.426. The first-order chi connectivity index (χ1) is 8.94. The minimum absolute atomic E-state index is 0.132. The van der Waals surface area contributed by atoms with Gasteiger partial charge in [0.15, 0.2) is 0 Å². The van der Waals surface area contributed by atoms with E-state index in [0.29, 0.717) is 11.5 Å². The van der Waals surface area contributed by atoms with E-state index in [-0.39, 0.29) is 5.91 Å². The van der Waals surface area contributed by atoms with Crippen LogP contribution in [0.2, 0.25) is 0 Å². The first kappa shape index (κ1) is 14.8. The van der Waals surface area contributed by atoms with Gasteiger partial charge < -0.3 is 11.1 Å². The van der Waals surface area contributed by atoms with E-state index in [9.17, 15) is 4.79 Å². The summed E-state index contributed by atoms with van der Waals surface area (Å²) in [7, 11) is 0. The molecule has 19 heavy (non-hydrogen) atoms. The summed E-state index contributed by atoms with van der Waals surface area (Å²) >= 11 is 0. The third-order valence-electron chi connectivity index (χ3n) is 5.26. The van der Waals surface area contributed by atoms with E-state index >= 15 is 0 Å². The van der Waals surface area contributed by atoms with E-state index < -0.39 is 5.54 Å². The Morgan fingerprint density at radius 1 is 1.00 bits per heavy atom. The molecule has 3 nitrogen and oxygen atoms in total. The SMILES string of the molecule is CC1(C)CCC(NC2CCCCCC2)(C(N)=O)CC1. The third-order valence-corrected chi connectivity index (χ3v) is 5.26. The largest absolute Gasteiger partial charge is 0.368 e. The molecule has 2 fully saturated rings. The second-order valence-corrected chi connectivity index (χ2v) is 7.44. The van der Waals surface area contributed by atoms with Crippen LogP contribution in [0.25, 0.3) is 0 Å². The van der Waals surface area contributed by atoms with Crippen LogP contribution in [0.3, 0.4) is 0 Å². The summed E-state index contributed by atoms with van der Waals surface area (Å²) in [5.74, 6) is -0.132. The Morgan fingerprint density at radius 2 is 1.53 bits per heavy atom. The van der Waals surface area contributed by atoms with Gasteiger partial charge in [-0.25, -0.2) is 0 Å². The predicted octanol–water partition coefficient (Wildman–Crippen LogP) is 3.12. The fraction of sp³-hybridized carbons (Fsp3) is 0.938. The van der Waals surface area contributed by atoms with Crippen molar-refractivity contribution in [2.24, 2.45) is 11.1 Å². The molecule has 0 aromatic heterocycles. The molecule has 2 aliphatic carbocycles.